The lowest BCUT2D eigenvalue weighted by Crippen LogP contribution is -2.36. The molecule has 1 unspecified atom stereocenters. The van der Waals surface area contributed by atoms with Crippen LogP contribution < -0.4 is 4.72 Å². The fourth-order valence-corrected chi connectivity index (χ4v) is 3.48. The number of halogens is 2. The van der Waals surface area contributed by atoms with Crippen LogP contribution in [0.2, 0.25) is 0 Å². The zero-order valence-electron chi connectivity index (χ0n) is 9.86. The van der Waals surface area contributed by atoms with E-state index in [1.54, 1.807) is 0 Å². The molecule has 2 rings (SSSR count). The van der Waals surface area contributed by atoms with E-state index in [1.165, 1.54) is 12.1 Å². The molecule has 1 saturated heterocycles. The fourth-order valence-electron chi connectivity index (χ4n) is 1.96. The minimum absolute atomic E-state index is 0.0437. The smallest absolute Gasteiger partial charge is 0.240 e. The number of nitrogens with one attached hydrogen (secondary N) is 1. The Morgan fingerprint density at radius 3 is 2.78 bits per heavy atom. The number of sulfonamides is 1. The Labute approximate surface area is 114 Å². The Bertz CT molecular complexity index is 550. The van der Waals surface area contributed by atoms with Crippen LogP contribution in [0.5, 0.6) is 0 Å². The summed E-state index contributed by atoms with van der Waals surface area (Å²) in [5, 5.41) is 0. The molecule has 0 spiro atoms. The highest BCUT2D eigenvalue weighted by molar-refractivity contribution is 9.10. The van der Waals surface area contributed by atoms with Gasteiger partial charge in [-0.05, 0) is 54.1 Å². The Morgan fingerprint density at radius 1 is 1.50 bits per heavy atom. The van der Waals surface area contributed by atoms with E-state index in [2.05, 4.69) is 25.6 Å². The van der Waals surface area contributed by atoms with Crippen molar-refractivity contribution < 1.29 is 12.8 Å². The lowest BCUT2D eigenvalue weighted by Gasteiger charge is -2.13. The minimum atomic E-state index is -3.64. The molecule has 1 heterocycles. The maximum Gasteiger partial charge on any atom is 0.240 e. The fraction of sp³-hybridized carbons (Fsp3) is 0.455. The Balaban J connectivity index is 2.17. The van der Waals surface area contributed by atoms with E-state index in [1.807, 2.05) is 7.05 Å². The molecule has 1 aliphatic heterocycles. The number of rotatable bonds is 3. The van der Waals surface area contributed by atoms with Gasteiger partial charge in [-0.25, -0.2) is 17.5 Å². The van der Waals surface area contributed by atoms with Crippen LogP contribution in [0.15, 0.2) is 27.6 Å². The van der Waals surface area contributed by atoms with Gasteiger partial charge < -0.3 is 4.90 Å². The zero-order valence-corrected chi connectivity index (χ0v) is 12.3. The van der Waals surface area contributed by atoms with Gasteiger partial charge in [0.1, 0.15) is 5.82 Å². The van der Waals surface area contributed by atoms with E-state index in [4.69, 9.17) is 0 Å². The number of hydrogen-bond donors (Lipinski definition) is 1. The molecule has 1 N–H and O–H groups in total. The lowest BCUT2D eigenvalue weighted by atomic mass is 10.3. The van der Waals surface area contributed by atoms with Gasteiger partial charge in [0.2, 0.25) is 10.0 Å². The lowest BCUT2D eigenvalue weighted by molar-refractivity contribution is 0.407. The SMILES string of the molecule is CN1CCC(NS(=O)(=O)c2ccc(Br)c(F)c2)C1. The van der Waals surface area contributed by atoms with Crippen molar-refractivity contribution in [2.75, 3.05) is 20.1 Å². The van der Waals surface area contributed by atoms with Crippen LogP contribution in [-0.2, 0) is 10.0 Å². The third-order valence-corrected chi connectivity index (χ3v) is 5.08. The maximum atomic E-state index is 13.3. The second kappa shape index (κ2) is 5.24. The van der Waals surface area contributed by atoms with Crippen LogP contribution in [0.3, 0.4) is 0 Å². The predicted molar refractivity (Wildman–Crippen MR) is 70.3 cm³/mol. The number of likely N-dealkylation sites (tertiary alicyclic amines) is 1. The standard InChI is InChI=1S/C11H14BrFN2O2S/c1-15-5-4-8(7-15)14-18(16,17)9-2-3-10(12)11(13)6-9/h2-3,6,8,14H,4-5,7H2,1H3. The van der Waals surface area contributed by atoms with Crippen LogP contribution in [0.25, 0.3) is 0 Å². The van der Waals surface area contributed by atoms with E-state index in [9.17, 15) is 12.8 Å². The third kappa shape index (κ3) is 3.09. The van der Waals surface area contributed by atoms with Crippen molar-refractivity contribution in [3.05, 3.63) is 28.5 Å². The van der Waals surface area contributed by atoms with Crippen molar-refractivity contribution in [1.82, 2.24) is 9.62 Å². The van der Waals surface area contributed by atoms with Crippen LogP contribution in [0.4, 0.5) is 4.39 Å². The van der Waals surface area contributed by atoms with E-state index >= 15 is 0 Å². The molecule has 1 atom stereocenters. The van der Waals surface area contributed by atoms with Gasteiger partial charge >= 0.3 is 0 Å². The molecule has 4 nitrogen and oxygen atoms in total. The number of likely N-dealkylation sites (N-methyl/N-ethyl adjacent to an activating group) is 1. The molecular weight excluding hydrogens is 323 g/mol. The highest BCUT2D eigenvalue weighted by atomic mass is 79.9. The maximum absolute atomic E-state index is 13.3. The first-order valence-corrected chi connectivity index (χ1v) is 7.82. The van der Waals surface area contributed by atoms with Crippen molar-refractivity contribution in [3.8, 4) is 0 Å². The Kier molecular flexibility index (Phi) is 4.05. The van der Waals surface area contributed by atoms with Crippen LogP contribution in [0, 0.1) is 5.82 Å². The number of hydrogen-bond acceptors (Lipinski definition) is 3. The zero-order chi connectivity index (χ0) is 13.3. The molecule has 1 aliphatic rings. The average Bonchev–Trinajstić information content (AvgIpc) is 2.67. The highest BCUT2D eigenvalue weighted by Crippen LogP contribution is 2.20. The molecule has 0 aromatic heterocycles. The topological polar surface area (TPSA) is 49.4 Å². The number of benzene rings is 1. The Hall–Kier alpha value is -0.500. The van der Waals surface area contributed by atoms with Crippen LogP contribution >= 0.6 is 15.9 Å². The third-order valence-electron chi connectivity index (χ3n) is 2.91. The molecule has 0 saturated carbocycles. The van der Waals surface area contributed by atoms with E-state index < -0.39 is 15.8 Å². The van der Waals surface area contributed by atoms with Crippen molar-refractivity contribution in [2.24, 2.45) is 0 Å². The highest BCUT2D eigenvalue weighted by Gasteiger charge is 2.25. The van der Waals surface area contributed by atoms with Crippen molar-refractivity contribution in [1.29, 1.82) is 0 Å². The monoisotopic (exact) mass is 336 g/mol. The molecule has 1 fully saturated rings. The van der Waals surface area contributed by atoms with Crippen molar-refractivity contribution in [3.63, 3.8) is 0 Å². The molecular formula is C11H14BrFN2O2S. The summed E-state index contributed by atoms with van der Waals surface area (Å²) in [6, 6.07) is 3.69. The molecule has 0 amide bonds. The van der Waals surface area contributed by atoms with E-state index in [0.717, 1.165) is 19.0 Å². The summed E-state index contributed by atoms with van der Waals surface area (Å²) in [6.07, 6.45) is 0.773. The summed E-state index contributed by atoms with van der Waals surface area (Å²) in [6.45, 7) is 1.54. The van der Waals surface area contributed by atoms with Gasteiger partial charge in [-0.3, -0.25) is 0 Å². The minimum Gasteiger partial charge on any atom is -0.305 e. The van der Waals surface area contributed by atoms with Gasteiger partial charge in [0.05, 0.1) is 9.37 Å². The van der Waals surface area contributed by atoms with Crippen LogP contribution in [0.1, 0.15) is 6.42 Å². The van der Waals surface area contributed by atoms with Gasteiger partial charge in [0.15, 0.2) is 0 Å². The summed E-state index contributed by atoms with van der Waals surface area (Å²) >= 11 is 3.00. The molecule has 1 aromatic rings. The molecule has 18 heavy (non-hydrogen) atoms. The predicted octanol–water partition coefficient (Wildman–Crippen LogP) is 1.57. The molecule has 0 radical (unpaired) electrons. The van der Waals surface area contributed by atoms with Gasteiger partial charge in [0.25, 0.3) is 0 Å². The second-order valence-corrected chi connectivity index (χ2v) is 7.01. The molecule has 100 valence electrons. The van der Waals surface area contributed by atoms with Gasteiger partial charge in [-0.1, -0.05) is 0 Å². The van der Waals surface area contributed by atoms with E-state index in [-0.39, 0.29) is 15.4 Å². The second-order valence-electron chi connectivity index (χ2n) is 4.45. The largest absolute Gasteiger partial charge is 0.305 e. The van der Waals surface area contributed by atoms with E-state index in [0.29, 0.717) is 6.54 Å². The van der Waals surface area contributed by atoms with Crippen LogP contribution in [-0.4, -0.2) is 39.5 Å². The average molecular weight is 337 g/mol. The molecule has 1 aromatic carbocycles. The first-order valence-electron chi connectivity index (χ1n) is 5.54. The summed E-state index contributed by atoms with van der Waals surface area (Å²) in [7, 11) is -1.71. The first kappa shape index (κ1) is 13.9. The summed E-state index contributed by atoms with van der Waals surface area (Å²) in [4.78, 5) is 2.01. The quantitative estimate of drug-likeness (QED) is 0.911. The van der Waals surface area contributed by atoms with Crippen molar-refractivity contribution in [2.45, 2.75) is 17.4 Å². The molecule has 0 bridgehead atoms. The molecule has 0 aliphatic carbocycles. The first-order chi connectivity index (χ1) is 8.38. The van der Waals surface area contributed by atoms with Gasteiger partial charge in [-0.15, -0.1) is 0 Å². The van der Waals surface area contributed by atoms with Gasteiger partial charge in [-0.2, -0.15) is 0 Å². The Morgan fingerprint density at radius 2 is 2.22 bits per heavy atom. The normalized spacial score (nSPS) is 21.4. The van der Waals surface area contributed by atoms with Crippen molar-refractivity contribution >= 4 is 26.0 Å². The van der Waals surface area contributed by atoms with Gasteiger partial charge in [0, 0.05) is 12.6 Å². The summed E-state index contributed by atoms with van der Waals surface area (Å²) < 4.78 is 40.3. The summed E-state index contributed by atoms with van der Waals surface area (Å²) in [5.74, 6) is -0.582. The molecule has 7 heteroatoms. The summed E-state index contributed by atoms with van der Waals surface area (Å²) in [5.41, 5.74) is 0. The number of nitrogens with zero attached hydrogens (tertiary/aromatic N) is 1.